The summed E-state index contributed by atoms with van der Waals surface area (Å²) < 4.78 is 0. The van der Waals surface area contributed by atoms with Crippen molar-refractivity contribution in [2.75, 3.05) is 0 Å². The highest BCUT2D eigenvalue weighted by atomic mass is 14.6. The number of nitrogens with zero attached hydrogens (tertiary/aromatic N) is 1. The molecule has 1 rings (SSSR count). The van der Waals surface area contributed by atoms with Crippen LogP contribution < -0.4 is 5.73 Å². The van der Waals surface area contributed by atoms with E-state index in [0.717, 1.165) is 24.0 Å². The fourth-order valence-electron chi connectivity index (χ4n) is 1.45. The number of rotatable bonds is 2. The van der Waals surface area contributed by atoms with E-state index in [9.17, 15) is 0 Å². The lowest BCUT2D eigenvalue weighted by atomic mass is 10.1. The normalized spacial score (nSPS) is 20.3. The van der Waals surface area contributed by atoms with Crippen LogP contribution in [0.4, 0.5) is 0 Å². The van der Waals surface area contributed by atoms with Crippen LogP contribution in [-0.2, 0) is 0 Å². The van der Waals surface area contributed by atoms with Crippen molar-refractivity contribution in [2.45, 2.75) is 32.7 Å². The van der Waals surface area contributed by atoms with Gasteiger partial charge in [-0.05, 0) is 30.1 Å². The fourth-order valence-corrected chi connectivity index (χ4v) is 1.45. The van der Waals surface area contributed by atoms with Gasteiger partial charge in [0.25, 0.3) is 0 Å². The van der Waals surface area contributed by atoms with Crippen LogP contribution in [0.25, 0.3) is 0 Å². The first-order valence-corrected chi connectivity index (χ1v) is 4.97. The average Bonchev–Trinajstić information content (AvgIpc) is 2.59. The van der Waals surface area contributed by atoms with E-state index < -0.39 is 0 Å². The maximum absolute atomic E-state index is 8.33. The number of hydrogen-bond acceptors (Lipinski definition) is 2. The Morgan fingerprint density at radius 2 is 2.29 bits per heavy atom. The molecule has 0 amide bonds. The third-order valence-electron chi connectivity index (χ3n) is 2.07. The van der Waals surface area contributed by atoms with Gasteiger partial charge in [0, 0.05) is 15.0 Å². The minimum atomic E-state index is 0. The van der Waals surface area contributed by atoms with Gasteiger partial charge >= 0.3 is 0 Å². The molecule has 0 bridgehead atoms. The first-order chi connectivity index (χ1) is 6.79. The maximum Gasteiger partial charge on any atom is 0.0912 e. The van der Waals surface area contributed by atoms with Crippen LogP contribution in [0.2, 0.25) is 0 Å². The van der Waals surface area contributed by atoms with E-state index in [2.05, 4.69) is 6.58 Å². The summed E-state index contributed by atoms with van der Waals surface area (Å²) in [5.74, 6) is 0. The van der Waals surface area contributed by atoms with Crippen LogP contribution in [0.1, 0.15) is 29.5 Å². The summed E-state index contributed by atoms with van der Waals surface area (Å²) in [6, 6.07) is 2.08. The second-order valence-corrected chi connectivity index (χ2v) is 2.79. The minimum absolute atomic E-state index is 0. The molecule has 0 heterocycles. The van der Waals surface area contributed by atoms with E-state index in [1.165, 1.54) is 6.08 Å². The Labute approximate surface area is 89.4 Å². The second kappa shape index (κ2) is 7.11. The van der Waals surface area contributed by atoms with Gasteiger partial charge in [0.05, 0.1) is 6.07 Å². The van der Waals surface area contributed by atoms with E-state index in [1.807, 2.05) is 26.0 Å². The van der Waals surface area contributed by atoms with Gasteiger partial charge in [-0.15, -0.1) is 0 Å². The predicted octanol–water partition coefficient (Wildman–Crippen LogP) is 3.19. The van der Waals surface area contributed by atoms with Crippen molar-refractivity contribution in [3.05, 3.63) is 36.0 Å². The van der Waals surface area contributed by atoms with Crippen LogP contribution in [-0.4, -0.2) is 6.04 Å². The summed E-state index contributed by atoms with van der Waals surface area (Å²) in [4.78, 5) is 0. The Balaban J connectivity index is -0.000000399. The summed E-state index contributed by atoms with van der Waals surface area (Å²) in [5, 5.41) is 8.33. The molecule has 1 aliphatic rings. The van der Waals surface area contributed by atoms with Crippen molar-refractivity contribution in [2.24, 2.45) is 5.73 Å². The molecular weight excluding hydrogens is 172 g/mol. The van der Waals surface area contributed by atoms with Crippen molar-refractivity contribution in [3.63, 3.8) is 0 Å². The maximum atomic E-state index is 8.33. The number of nitrogens with two attached hydrogens (primary N) is 1. The molecule has 2 N–H and O–H groups in total. The van der Waals surface area contributed by atoms with Gasteiger partial charge in [0.15, 0.2) is 0 Å². The highest BCUT2D eigenvalue weighted by Crippen LogP contribution is 2.26. The van der Waals surface area contributed by atoms with Crippen molar-refractivity contribution in [1.29, 1.82) is 5.26 Å². The molecule has 0 aromatic carbocycles. The summed E-state index contributed by atoms with van der Waals surface area (Å²) in [7, 11) is 0. The molecule has 1 aliphatic carbocycles. The zero-order chi connectivity index (χ0) is 11.0. The third kappa shape index (κ3) is 3.20. The highest BCUT2D eigenvalue weighted by molar-refractivity contribution is 5.40. The molecule has 0 fully saturated rings. The van der Waals surface area contributed by atoms with E-state index >= 15 is 0 Å². The lowest BCUT2D eigenvalue weighted by Crippen LogP contribution is -2.17. The Morgan fingerprint density at radius 3 is 2.79 bits per heavy atom. The van der Waals surface area contributed by atoms with Crippen LogP contribution in [0, 0.1) is 11.3 Å². The third-order valence-corrected chi connectivity index (χ3v) is 2.07. The fraction of sp³-hybridized carbons (Fsp3) is 0.417. The predicted molar refractivity (Wildman–Crippen MR) is 64.8 cm³/mol. The molecule has 0 aliphatic heterocycles. The quantitative estimate of drug-likeness (QED) is 0.686. The van der Waals surface area contributed by atoms with E-state index in [-0.39, 0.29) is 8.90 Å². The van der Waals surface area contributed by atoms with E-state index in [1.54, 1.807) is 6.08 Å². The van der Waals surface area contributed by atoms with Crippen LogP contribution in [0.15, 0.2) is 36.0 Å². The summed E-state index contributed by atoms with van der Waals surface area (Å²) in [6.07, 6.45) is 7.02. The van der Waals surface area contributed by atoms with Crippen molar-refractivity contribution < 1.29 is 2.85 Å². The molecule has 80 valence electrons. The van der Waals surface area contributed by atoms with Gasteiger partial charge in [-0.25, -0.2) is 0 Å². The monoisotopic (exact) mass is 194 g/mol. The molecule has 0 saturated heterocycles. The van der Waals surface area contributed by atoms with E-state index in [0.29, 0.717) is 0 Å². The Bertz CT molecular complexity index is 288. The molecule has 0 radical (unpaired) electrons. The molecule has 0 spiro atoms. The molecule has 0 aromatic heterocycles. The first-order valence-electron chi connectivity index (χ1n) is 4.97. The van der Waals surface area contributed by atoms with Gasteiger partial charge in [-0.1, -0.05) is 26.5 Å². The minimum Gasteiger partial charge on any atom is -0.324 e. The molecule has 2 nitrogen and oxygen atoms in total. The number of allylic oxidation sites excluding steroid dienone is 3. The Morgan fingerprint density at radius 1 is 1.64 bits per heavy atom. The first kappa shape index (κ1) is 12.7. The van der Waals surface area contributed by atoms with E-state index in [4.69, 9.17) is 11.0 Å². The Kier molecular flexibility index (Phi) is 6.43. The van der Waals surface area contributed by atoms with Gasteiger partial charge in [0.1, 0.15) is 0 Å². The van der Waals surface area contributed by atoms with Crippen LogP contribution in [0.3, 0.4) is 0 Å². The standard InChI is InChI=1S/C10H12N2.C2H6.2H2/c1-2-9-8(4-3-7-11)5-6-10(9)12;1-2;;/h2-4,10H,1,5-6,12H2;1-2H3;2*1H/b4-3+;;;/t10-;;;/m0.../s1. The largest absolute Gasteiger partial charge is 0.324 e. The van der Waals surface area contributed by atoms with Gasteiger partial charge in [-0.3, -0.25) is 0 Å². The summed E-state index contributed by atoms with van der Waals surface area (Å²) in [6.45, 7) is 7.70. The Hall–Kier alpha value is -1.33. The number of nitriles is 1. The molecule has 1 atom stereocenters. The SMILES string of the molecule is C=CC1=C(/C=C/C#N)CC[C@@H]1N.CC.[HH].[HH]. The van der Waals surface area contributed by atoms with Crippen molar-refractivity contribution >= 4 is 0 Å². The second-order valence-electron chi connectivity index (χ2n) is 2.79. The van der Waals surface area contributed by atoms with Crippen LogP contribution >= 0.6 is 0 Å². The van der Waals surface area contributed by atoms with Crippen molar-refractivity contribution in [3.8, 4) is 6.07 Å². The molecule has 0 unspecified atom stereocenters. The topological polar surface area (TPSA) is 49.8 Å². The molecule has 2 heteroatoms. The smallest absolute Gasteiger partial charge is 0.0912 e. The summed E-state index contributed by atoms with van der Waals surface area (Å²) >= 11 is 0. The van der Waals surface area contributed by atoms with Gasteiger partial charge in [-0.2, -0.15) is 5.26 Å². The average molecular weight is 194 g/mol. The lowest BCUT2D eigenvalue weighted by molar-refractivity contribution is 0.760. The van der Waals surface area contributed by atoms with Crippen molar-refractivity contribution in [1.82, 2.24) is 0 Å². The number of hydrogen-bond donors (Lipinski definition) is 1. The molecule has 0 aromatic rings. The van der Waals surface area contributed by atoms with Crippen LogP contribution in [0.5, 0.6) is 0 Å². The van der Waals surface area contributed by atoms with Gasteiger partial charge in [0.2, 0.25) is 0 Å². The van der Waals surface area contributed by atoms with Gasteiger partial charge < -0.3 is 5.73 Å². The highest BCUT2D eigenvalue weighted by Gasteiger charge is 2.17. The lowest BCUT2D eigenvalue weighted by Gasteiger charge is -2.02. The summed E-state index contributed by atoms with van der Waals surface area (Å²) in [5.41, 5.74) is 8.04. The molecule has 0 saturated carbocycles. The molecule has 14 heavy (non-hydrogen) atoms. The zero-order valence-corrected chi connectivity index (χ0v) is 8.96. The zero-order valence-electron chi connectivity index (χ0n) is 8.96. The molecular formula is C12H22N2.